The van der Waals surface area contributed by atoms with Gasteiger partial charge < -0.3 is 10.8 Å². The Bertz CT molecular complexity index is 649. The molecule has 8 heteroatoms. The maximum absolute atomic E-state index is 14.1. The molecule has 1 aromatic carbocycles. The van der Waals surface area contributed by atoms with Crippen LogP contribution >= 0.6 is 15.9 Å². The molecular weight excluding hydrogens is 363 g/mol. The first-order valence-corrected chi connectivity index (χ1v) is 8.84. The van der Waals surface area contributed by atoms with Crippen LogP contribution in [0, 0.1) is 5.82 Å². The topological polar surface area (TPSA) is 83.6 Å². The lowest BCUT2D eigenvalue weighted by Gasteiger charge is -2.22. The molecule has 0 bridgehead atoms. The normalized spacial score (nSPS) is 24.8. The molecule has 5 nitrogen and oxygen atoms in total. The molecule has 1 fully saturated rings. The molecule has 1 atom stereocenters. The van der Waals surface area contributed by atoms with E-state index >= 15 is 0 Å². The summed E-state index contributed by atoms with van der Waals surface area (Å²) in [7, 11) is -3.97. The van der Waals surface area contributed by atoms with Gasteiger partial charge in [-0.2, -0.15) is 4.31 Å². The van der Waals surface area contributed by atoms with E-state index in [1.165, 1.54) is 10.4 Å². The molecule has 118 valence electrons. The number of hydrogen-bond donors (Lipinski definition) is 2. The first-order chi connectivity index (χ1) is 9.63. The summed E-state index contributed by atoms with van der Waals surface area (Å²) in [5.41, 5.74) is 4.89. The van der Waals surface area contributed by atoms with Gasteiger partial charge in [-0.3, -0.25) is 0 Å². The summed E-state index contributed by atoms with van der Waals surface area (Å²) in [6, 6.07) is 2.44. The zero-order valence-electron chi connectivity index (χ0n) is 11.6. The predicted octanol–water partition coefficient (Wildman–Crippen LogP) is 2.10. The zero-order valence-corrected chi connectivity index (χ0v) is 14.0. The Morgan fingerprint density at radius 2 is 2.05 bits per heavy atom. The summed E-state index contributed by atoms with van der Waals surface area (Å²) < 4.78 is 40.6. The molecule has 0 amide bonds. The summed E-state index contributed by atoms with van der Waals surface area (Å²) in [6.45, 7) is 2.09. The van der Waals surface area contributed by atoms with Crippen LogP contribution in [0.3, 0.4) is 0 Å². The van der Waals surface area contributed by atoms with Gasteiger partial charge in [-0.1, -0.05) is 0 Å². The molecule has 1 unspecified atom stereocenters. The van der Waals surface area contributed by atoms with E-state index in [1.54, 1.807) is 6.92 Å². The Morgan fingerprint density at radius 3 is 2.71 bits per heavy atom. The van der Waals surface area contributed by atoms with Crippen LogP contribution in [0.25, 0.3) is 0 Å². The fourth-order valence-electron chi connectivity index (χ4n) is 2.39. The summed E-state index contributed by atoms with van der Waals surface area (Å²) in [5, 5.41) is 10.0. The van der Waals surface area contributed by atoms with Crippen molar-refractivity contribution in [2.24, 2.45) is 0 Å². The Labute approximate surface area is 132 Å². The molecular formula is C13H18BrFN2O3S. The third-order valence-electron chi connectivity index (χ3n) is 3.66. The van der Waals surface area contributed by atoms with Crippen molar-refractivity contribution in [3.8, 4) is 0 Å². The second-order valence-electron chi connectivity index (χ2n) is 5.57. The summed E-state index contributed by atoms with van der Waals surface area (Å²) in [6.07, 6.45) is 1.36. The first kappa shape index (κ1) is 16.7. The minimum Gasteiger partial charge on any atom is -0.399 e. The quantitative estimate of drug-likeness (QED) is 0.769. The summed E-state index contributed by atoms with van der Waals surface area (Å²) in [4.78, 5) is -0.434. The molecule has 1 aliphatic heterocycles. The van der Waals surface area contributed by atoms with Crippen LogP contribution in [0.4, 0.5) is 10.1 Å². The molecule has 0 saturated carbocycles. The lowest BCUT2D eigenvalue weighted by molar-refractivity contribution is 0.0465. The van der Waals surface area contributed by atoms with E-state index in [2.05, 4.69) is 15.9 Å². The van der Waals surface area contributed by atoms with Gasteiger partial charge in [0.2, 0.25) is 10.0 Å². The summed E-state index contributed by atoms with van der Waals surface area (Å²) in [5.74, 6) is -0.847. The molecule has 1 saturated heterocycles. The highest BCUT2D eigenvalue weighted by atomic mass is 79.9. The van der Waals surface area contributed by atoms with Crippen LogP contribution in [-0.2, 0) is 10.0 Å². The first-order valence-electron chi connectivity index (χ1n) is 6.60. The second kappa shape index (κ2) is 5.83. The largest absolute Gasteiger partial charge is 0.399 e. The van der Waals surface area contributed by atoms with Crippen molar-refractivity contribution < 1.29 is 17.9 Å². The van der Waals surface area contributed by atoms with Crippen molar-refractivity contribution in [2.45, 2.75) is 36.7 Å². The van der Waals surface area contributed by atoms with Crippen molar-refractivity contribution in [1.29, 1.82) is 0 Å². The molecule has 1 aromatic rings. The number of rotatable bonds is 2. The number of aliphatic hydroxyl groups is 1. The molecule has 1 aliphatic rings. The van der Waals surface area contributed by atoms with E-state index in [9.17, 15) is 17.9 Å². The SMILES string of the molecule is CC1(O)CCCN(S(=O)(=O)c2cc(N)cc(Br)c2F)CC1. The molecule has 1 heterocycles. The smallest absolute Gasteiger partial charge is 0.246 e. The molecule has 0 aliphatic carbocycles. The third kappa shape index (κ3) is 3.56. The Hall–Kier alpha value is -0.700. The Kier molecular flexibility index (Phi) is 4.63. The van der Waals surface area contributed by atoms with Gasteiger partial charge in [-0.15, -0.1) is 0 Å². The average Bonchev–Trinajstić information content (AvgIpc) is 2.55. The van der Waals surface area contributed by atoms with E-state index in [4.69, 9.17) is 5.73 Å². The highest BCUT2D eigenvalue weighted by Crippen LogP contribution is 2.30. The number of hydrogen-bond acceptors (Lipinski definition) is 4. The van der Waals surface area contributed by atoms with E-state index < -0.39 is 26.3 Å². The number of halogens is 2. The number of anilines is 1. The number of sulfonamides is 1. The fraction of sp³-hybridized carbons (Fsp3) is 0.538. The molecule has 2 rings (SSSR count). The molecule has 0 radical (unpaired) electrons. The van der Waals surface area contributed by atoms with Gasteiger partial charge >= 0.3 is 0 Å². The standard InChI is InChI=1S/C13H18BrFN2O3S/c1-13(18)3-2-5-17(6-4-13)21(19,20)11-8-9(16)7-10(14)12(11)15/h7-8,18H,2-6,16H2,1H3. The molecule has 3 N–H and O–H groups in total. The van der Waals surface area contributed by atoms with E-state index in [0.29, 0.717) is 19.3 Å². The van der Waals surface area contributed by atoms with E-state index in [0.717, 1.165) is 6.07 Å². The minimum absolute atomic E-state index is 0.0166. The van der Waals surface area contributed by atoms with Crippen molar-refractivity contribution in [3.05, 3.63) is 22.4 Å². The molecule has 0 spiro atoms. The van der Waals surface area contributed by atoms with Gasteiger partial charge in [-0.05, 0) is 54.2 Å². The van der Waals surface area contributed by atoms with Crippen molar-refractivity contribution in [2.75, 3.05) is 18.8 Å². The van der Waals surface area contributed by atoms with Gasteiger partial charge in [0.25, 0.3) is 0 Å². The highest BCUT2D eigenvalue weighted by molar-refractivity contribution is 9.10. The van der Waals surface area contributed by atoms with Crippen LogP contribution in [0.1, 0.15) is 26.2 Å². The Morgan fingerprint density at radius 1 is 1.38 bits per heavy atom. The predicted molar refractivity (Wildman–Crippen MR) is 81.7 cm³/mol. The average molecular weight is 381 g/mol. The molecule has 0 aromatic heterocycles. The van der Waals surface area contributed by atoms with Crippen LogP contribution in [0.2, 0.25) is 0 Å². The van der Waals surface area contributed by atoms with Crippen LogP contribution in [0.15, 0.2) is 21.5 Å². The van der Waals surface area contributed by atoms with Crippen molar-refractivity contribution in [1.82, 2.24) is 4.31 Å². The van der Waals surface area contributed by atoms with Gasteiger partial charge in [0.1, 0.15) is 4.90 Å². The number of nitrogens with two attached hydrogens (primary N) is 1. The summed E-state index contributed by atoms with van der Waals surface area (Å²) >= 11 is 2.97. The van der Waals surface area contributed by atoms with Crippen LogP contribution < -0.4 is 5.73 Å². The zero-order chi connectivity index (χ0) is 15.8. The van der Waals surface area contributed by atoms with Gasteiger partial charge in [0, 0.05) is 18.8 Å². The lowest BCUT2D eigenvalue weighted by atomic mass is 9.98. The van der Waals surface area contributed by atoms with E-state index in [-0.39, 0.29) is 23.2 Å². The highest BCUT2D eigenvalue weighted by Gasteiger charge is 2.33. The van der Waals surface area contributed by atoms with Crippen LogP contribution in [0.5, 0.6) is 0 Å². The van der Waals surface area contributed by atoms with Gasteiger partial charge in [-0.25, -0.2) is 12.8 Å². The number of benzene rings is 1. The maximum atomic E-state index is 14.1. The second-order valence-corrected chi connectivity index (χ2v) is 8.33. The number of nitrogen functional groups attached to an aromatic ring is 1. The Balaban J connectivity index is 2.39. The van der Waals surface area contributed by atoms with E-state index in [1.807, 2.05) is 0 Å². The van der Waals surface area contributed by atoms with Crippen molar-refractivity contribution >= 4 is 31.6 Å². The lowest BCUT2D eigenvalue weighted by Crippen LogP contribution is -2.34. The van der Waals surface area contributed by atoms with Crippen molar-refractivity contribution in [3.63, 3.8) is 0 Å². The fourth-order valence-corrected chi connectivity index (χ4v) is 4.60. The molecule has 21 heavy (non-hydrogen) atoms. The van der Waals surface area contributed by atoms with Gasteiger partial charge in [0.05, 0.1) is 10.1 Å². The van der Waals surface area contributed by atoms with Gasteiger partial charge in [0.15, 0.2) is 5.82 Å². The minimum atomic E-state index is -3.97. The maximum Gasteiger partial charge on any atom is 0.246 e. The third-order valence-corrected chi connectivity index (χ3v) is 6.13. The monoisotopic (exact) mass is 380 g/mol. The van der Waals surface area contributed by atoms with Crippen LogP contribution in [-0.4, -0.2) is 36.5 Å². The number of nitrogens with zero attached hydrogens (tertiary/aromatic N) is 1.